The number of nitrogens with two attached hydrogens (primary N) is 1. The Morgan fingerprint density at radius 3 is 2.23 bits per heavy atom. The first-order chi connectivity index (χ1) is 20.2. The van der Waals surface area contributed by atoms with Gasteiger partial charge in [-0.3, -0.25) is 9.59 Å². The monoisotopic (exact) mass is 635 g/mol. The Morgan fingerprint density at radius 2 is 1.63 bits per heavy atom. The number of carboxylic acids is 1. The molecule has 0 unspecified atom stereocenters. The van der Waals surface area contributed by atoms with Crippen LogP contribution in [-0.4, -0.2) is 53.4 Å². The maximum atomic E-state index is 14.9. The normalized spacial score (nSPS) is 17.4. The molecule has 43 heavy (non-hydrogen) atoms. The fourth-order valence-electron chi connectivity index (χ4n) is 4.93. The molecule has 1 aliphatic rings. The van der Waals surface area contributed by atoms with Crippen LogP contribution in [0.4, 0.5) is 13.2 Å². The van der Waals surface area contributed by atoms with Crippen molar-refractivity contribution in [2.24, 2.45) is 11.1 Å². The van der Waals surface area contributed by atoms with Gasteiger partial charge >= 0.3 is 5.97 Å². The maximum Gasteiger partial charge on any atom is 0.321 e. The van der Waals surface area contributed by atoms with Crippen molar-refractivity contribution < 1.29 is 36.3 Å². The number of nitrogens with one attached hydrogen (secondary N) is 1. The van der Waals surface area contributed by atoms with Crippen LogP contribution in [0.25, 0.3) is 11.1 Å². The Bertz CT molecular complexity index is 1580. The zero-order valence-electron chi connectivity index (χ0n) is 23.5. The minimum Gasteiger partial charge on any atom is -0.480 e. The Hall–Kier alpha value is -3.39. The number of amides is 1. The second-order valence-electron chi connectivity index (χ2n) is 10.9. The van der Waals surface area contributed by atoms with Crippen molar-refractivity contribution in [3.05, 3.63) is 89.7 Å². The SMILES string of the molecule is CC(C)(CC[C@H](NC(=O)[C@@H]1SCCN1S(=O)(=O)c1ccc(-c2ccccc2F)cc1)c1c(F)cccc1F)[C@H](N)C(=O)O. The molecule has 3 aromatic carbocycles. The second-order valence-corrected chi connectivity index (χ2v) is 14.0. The van der Waals surface area contributed by atoms with E-state index in [0.29, 0.717) is 16.9 Å². The number of rotatable bonds is 11. The van der Waals surface area contributed by atoms with Gasteiger partial charge in [0, 0.05) is 23.4 Å². The van der Waals surface area contributed by atoms with E-state index in [9.17, 15) is 36.3 Å². The molecule has 4 rings (SSSR count). The number of hydrogen-bond acceptors (Lipinski definition) is 6. The van der Waals surface area contributed by atoms with E-state index in [2.05, 4.69) is 5.32 Å². The van der Waals surface area contributed by atoms with Crippen molar-refractivity contribution in [3.8, 4) is 11.1 Å². The van der Waals surface area contributed by atoms with Gasteiger partial charge < -0.3 is 16.2 Å². The lowest BCUT2D eigenvalue weighted by Gasteiger charge is -2.31. The predicted molar refractivity (Wildman–Crippen MR) is 158 cm³/mol. The van der Waals surface area contributed by atoms with Gasteiger partial charge in [0.2, 0.25) is 15.9 Å². The number of aliphatic carboxylic acids is 1. The molecule has 1 aliphatic heterocycles. The van der Waals surface area contributed by atoms with Crippen LogP contribution in [0.2, 0.25) is 0 Å². The van der Waals surface area contributed by atoms with E-state index in [1.807, 2.05) is 0 Å². The molecule has 8 nitrogen and oxygen atoms in total. The maximum absolute atomic E-state index is 14.9. The predicted octanol–water partition coefficient (Wildman–Crippen LogP) is 4.91. The first kappa shape index (κ1) is 32.5. The molecule has 0 bridgehead atoms. The number of carboxylic acid groups (broad SMARTS) is 1. The lowest BCUT2D eigenvalue weighted by molar-refractivity contribution is -0.141. The Labute approximate surface area is 252 Å². The van der Waals surface area contributed by atoms with E-state index in [0.717, 1.165) is 28.2 Å². The van der Waals surface area contributed by atoms with Crippen LogP contribution in [-0.2, 0) is 19.6 Å². The van der Waals surface area contributed by atoms with Crippen LogP contribution in [0.5, 0.6) is 0 Å². The van der Waals surface area contributed by atoms with Gasteiger partial charge in [-0.05, 0) is 54.2 Å². The third-order valence-electron chi connectivity index (χ3n) is 7.57. The van der Waals surface area contributed by atoms with E-state index in [4.69, 9.17) is 5.73 Å². The number of carbonyl (C=O) groups is 2. The first-order valence-corrected chi connectivity index (χ1v) is 15.9. The fraction of sp³-hybridized carbons (Fsp3) is 0.333. The van der Waals surface area contributed by atoms with Crippen molar-refractivity contribution in [2.45, 2.75) is 49.0 Å². The molecule has 1 fully saturated rings. The number of benzene rings is 3. The quantitative estimate of drug-likeness (QED) is 0.273. The first-order valence-electron chi connectivity index (χ1n) is 13.4. The summed E-state index contributed by atoms with van der Waals surface area (Å²) < 4.78 is 72.1. The third-order valence-corrected chi connectivity index (χ3v) is 10.8. The van der Waals surface area contributed by atoms with E-state index in [1.165, 1.54) is 36.4 Å². The van der Waals surface area contributed by atoms with Gasteiger partial charge in [-0.2, -0.15) is 4.31 Å². The molecule has 1 heterocycles. The summed E-state index contributed by atoms with van der Waals surface area (Å²) in [5.74, 6) is -4.01. The van der Waals surface area contributed by atoms with Gasteiger partial charge in [-0.25, -0.2) is 21.6 Å². The van der Waals surface area contributed by atoms with Gasteiger partial charge in [0.1, 0.15) is 28.9 Å². The Kier molecular flexibility index (Phi) is 9.90. The Balaban J connectivity index is 1.58. The smallest absolute Gasteiger partial charge is 0.321 e. The molecule has 1 saturated heterocycles. The molecule has 3 atom stereocenters. The summed E-state index contributed by atoms with van der Waals surface area (Å²) in [5, 5.41) is 10.7. The van der Waals surface area contributed by atoms with Gasteiger partial charge in [0.25, 0.3) is 0 Å². The summed E-state index contributed by atoms with van der Waals surface area (Å²) in [6.45, 7) is 3.21. The van der Waals surface area contributed by atoms with Gasteiger partial charge in [-0.15, -0.1) is 11.8 Å². The molecule has 0 aliphatic carbocycles. The minimum atomic E-state index is -4.19. The number of halogens is 3. The van der Waals surface area contributed by atoms with E-state index in [-0.39, 0.29) is 24.3 Å². The number of hydrogen-bond donors (Lipinski definition) is 3. The summed E-state index contributed by atoms with van der Waals surface area (Å²) in [7, 11) is -4.19. The van der Waals surface area contributed by atoms with Crippen molar-refractivity contribution >= 4 is 33.7 Å². The van der Waals surface area contributed by atoms with Gasteiger partial charge in [-0.1, -0.05) is 50.2 Å². The fourth-order valence-corrected chi connectivity index (χ4v) is 8.01. The van der Waals surface area contributed by atoms with Crippen LogP contribution >= 0.6 is 11.8 Å². The highest BCUT2D eigenvalue weighted by atomic mass is 32.2. The van der Waals surface area contributed by atoms with Crippen molar-refractivity contribution in [2.75, 3.05) is 12.3 Å². The zero-order valence-corrected chi connectivity index (χ0v) is 25.1. The highest BCUT2D eigenvalue weighted by Crippen LogP contribution is 2.35. The molecule has 0 spiro atoms. The molecular weight excluding hydrogens is 603 g/mol. The third kappa shape index (κ3) is 7.06. The molecule has 3 aromatic rings. The average molecular weight is 636 g/mol. The van der Waals surface area contributed by atoms with Crippen LogP contribution in [0, 0.1) is 22.9 Å². The summed E-state index contributed by atoms with van der Waals surface area (Å²) in [6, 6.07) is 12.4. The number of nitrogens with zero attached hydrogens (tertiary/aromatic N) is 1. The lowest BCUT2D eigenvalue weighted by atomic mass is 9.79. The standard InChI is InChI=1S/C30H32F3N3O5S2/c1-30(2,26(34)29(38)39)15-14-24(25-22(32)8-5-9-23(25)33)35-27(37)28-36(16-17-42-28)43(40,41)19-12-10-18(11-13-19)20-6-3-4-7-21(20)31/h3-13,24,26,28H,14-17,34H2,1-2H3,(H,35,37)(H,38,39)/t24-,26+,28-/m0/s1. The van der Waals surface area contributed by atoms with E-state index < -0.39 is 67.8 Å². The summed E-state index contributed by atoms with van der Waals surface area (Å²) in [4.78, 5) is 24.9. The number of carbonyl (C=O) groups excluding carboxylic acids is 1. The van der Waals surface area contributed by atoms with E-state index in [1.54, 1.807) is 32.0 Å². The van der Waals surface area contributed by atoms with Gasteiger partial charge in [0.15, 0.2) is 0 Å². The van der Waals surface area contributed by atoms with Crippen molar-refractivity contribution in [1.29, 1.82) is 0 Å². The zero-order chi connectivity index (χ0) is 31.5. The molecule has 0 aromatic heterocycles. The van der Waals surface area contributed by atoms with Crippen LogP contribution in [0.3, 0.4) is 0 Å². The molecule has 4 N–H and O–H groups in total. The van der Waals surface area contributed by atoms with Crippen LogP contribution in [0.1, 0.15) is 38.3 Å². The molecule has 1 amide bonds. The van der Waals surface area contributed by atoms with Crippen LogP contribution in [0.15, 0.2) is 71.6 Å². The van der Waals surface area contributed by atoms with E-state index >= 15 is 0 Å². The number of thioether (sulfide) groups is 1. The van der Waals surface area contributed by atoms with Crippen molar-refractivity contribution in [1.82, 2.24) is 9.62 Å². The second kappa shape index (κ2) is 13.1. The largest absolute Gasteiger partial charge is 0.480 e. The average Bonchev–Trinajstić information content (AvgIpc) is 3.47. The number of sulfonamides is 1. The lowest BCUT2D eigenvalue weighted by Crippen LogP contribution is -2.47. The highest BCUT2D eigenvalue weighted by molar-refractivity contribution is 8.02. The topological polar surface area (TPSA) is 130 Å². The highest BCUT2D eigenvalue weighted by Gasteiger charge is 2.41. The molecule has 13 heteroatoms. The van der Waals surface area contributed by atoms with Crippen LogP contribution < -0.4 is 11.1 Å². The minimum absolute atomic E-state index is 0.0133. The van der Waals surface area contributed by atoms with Crippen molar-refractivity contribution in [3.63, 3.8) is 0 Å². The summed E-state index contributed by atoms with van der Waals surface area (Å²) >= 11 is 1.06. The molecule has 0 radical (unpaired) electrons. The summed E-state index contributed by atoms with van der Waals surface area (Å²) in [6.07, 6.45) is 0.00653. The Morgan fingerprint density at radius 1 is 1.02 bits per heavy atom. The van der Waals surface area contributed by atoms with Gasteiger partial charge in [0.05, 0.1) is 10.9 Å². The molecule has 0 saturated carbocycles. The molecular formula is C30H32F3N3O5S2. The summed E-state index contributed by atoms with van der Waals surface area (Å²) in [5.41, 5.74) is 5.18. The molecule has 230 valence electrons.